The highest BCUT2D eigenvalue weighted by Crippen LogP contribution is 2.44. The molecule has 1 unspecified atom stereocenters. The van der Waals surface area contributed by atoms with Gasteiger partial charge in [-0.25, -0.2) is 4.39 Å². The number of nitrogens with zero attached hydrogens (tertiary/aromatic N) is 2. The zero-order chi connectivity index (χ0) is 22.7. The van der Waals surface area contributed by atoms with Crippen LogP contribution in [0.5, 0.6) is 0 Å². The lowest BCUT2D eigenvalue weighted by Crippen LogP contribution is -2.52. The minimum atomic E-state index is -1.96. The number of hydrogen-bond acceptors (Lipinski definition) is 4. The lowest BCUT2D eigenvalue weighted by Gasteiger charge is -2.23. The Balaban J connectivity index is 1.51. The zero-order valence-electron chi connectivity index (χ0n) is 17.2. The molecule has 6 rings (SSSR count). The zero-order valence-corrected chi connectivity index (χ0v) is 17.2. The Morgan fingerprint density at radius 3 is 2.48 bits per heavy atom. The van der Waals surface area contributed by atoms with Crippen LogP contribution in [0.3, 0.4) is 0 Å². The lowest BCUT2D eigenvalue weighted by molar-refractivity contribution is -0.120. The number of carbonyl (C=O) groups is 2. The van der Waals surface area contributed by atoms with Crippen LogP contribution in [-0.4, -0.2) is 21.7 Å². The maximum absolute atomic E-state index is 13.8. The van der Waals surface area contributed by atoms with Crippen LogP contribution in [0, 0.1) is 5.82 Å². The first-order valence-corrected chi connectivity index (χ1v) is 10.4. The summed E-state index contributed by atoms with van der Waals surface area (Å²) in [5.74, 6) is -1.64. The van der Waals surface area contributed by atoms with E-state index < -0.39 is 23.0 Å². The van der Waals surface area contributed by atoms with Gasteiger partial charge in [0.15, 0.2) is 5.54 Å². The second kappa shape index (κ2) is 6.82. The number of para-hydroxylation sites is 2. The van der Waals surface area contributed by atoms with Crippen LogP contribution in [0.15, 0.2) is 85.1 Å². The molecule has 7 heteroatoms. The van der Waals surface area contributed by atoms with E-state index in [1.54, 1.807) is 36.5 Å². The summed E-state index contributed by atoms with van der Waals surface area (Å²) in [7, 11) is 0. The third kappa shape index (κ3) is 2.66. The third-order valence-corrected chi connectivity index (χ3v) is 6.18. The van der Waals surface area contributed by atoms with Gasteiger partial charge in [0.2, 0.25) is 5.78 Å². The van der Waals surface area contributed by atoms with Crippen LogP contribution in [0.1, 0.15) is 16.1 Å². The van der Waals surface area contributed by atoms with Crippen molar-refractivity contribution in [2.75, 3.05) is 4.90 Å². The van der Waals surface area contributed by atoms with Gasteiger partial charge in [0.25, 0.3) is 5.91 Å². The average molecular weight is 436 g/mol. The van der Waals surface area contributed by atoms with Gasteiger partial charge in [-0.1, -0.05) is 36.4 Å². The Labute approximate surface area is 187 Å². The third-order valence-electron chi connectivity index (χ3n) is 6.18. The number of anilines is 2. The van der Waals surface area contributed by atoms with Gasteiger partial charge in [0, 0.05) is 27.5 Å². The maximum atomic E-state index is 13.8. The number of benzene rings is 3. The number of amides is 1. The van der Waals surface area contributed by atoms with Gasteiger partial charge in [-0.2, -0.15) is 0 Å². The number of nitrogens with one attached hydrogen (secondary N) is 1. The largest absolute Gasteiger partial charge is 0.353 e. The molecule has 0 radical (unpaired) electrons. The molecule has 1 amide bonds. The molecular weight excluding hydrogens is 419 g/mol. The van der Waals surface area contributed by atoms with Crippen molar-refractivity contribution in [2.45, 2.75) is 5.54 Å². The number of Topliss-reactive ketones (excluding diaryl/α,β-unsaturated/α-hetero) is 1. The molecule has 0 saturated carbocycles. The summed E-state index contributed by atoms with van der Waals surface area (Å²) in [5.41, 5.74) is 7.75. The molecule has 3 aromatic carbocycles. The Bertz CT molecular complexity index is 1590. The van der Waals surface area contributed by atoms with Crippen molar-refractivity contribution in [3.63, 3.8) is 0 Å². The molecule has 3 heterocycles. The molecular formula is C26H17FN4O2. The number of rotatable bonds is 3. The molecule has 1 atom stereocenters. The van der Waals surface area contributed by atoms with E-state index in [2.05, 4.69) is 9.97 Å². The maximum Gasteiger partial charge on any atom is 0.264 e. The molecule has 33 heavy (non-hydrogen) atoms. The fourth-order valence-electron chi connectivity index (χ4n) is 4.55. The first kappa shape index (κ1) is 19.3. The fraction of sp³-hybridized carbons (Fsp3) is 0.0385. The molecule has 0 spiro atoms. The number of aromatic nitrogens is 2. The van der Waals surface area contributed by atoms with E-state index in [1.807, 2.05) is 24.3 Å². The highest BCUT2D eigenvalue weighted by Gasteiger charge is 2.54. The van der Waals surface area contributed by atoms with Gasteiger partial charge in [-0.3, -0.25) is 19.5 Å². The van der Waals surface area contributed by atoms with Crippen molar-refractivity contribution in [3.05, 3.63) is 102 Å². The van der Waals surface area contributed by atoms with Crippen molar-refractivity contribution in [1.82, 2.24) is 9.97 Å². The Kier molecular flexibility index (Phi) is 3.99. The van der Waals surface area contributed by atoms with E-state index in [9.17, 15) is 14.0 Å². The molecule has 6 nitrogen and oxygen atoms in total. The second-order valence-electron chi connectivity index (χ2n) is 8.06. The molecule has 0 fully saturated rings. The van der Waals surface area contributed by atoms with Crippen molar-refractivity contribution in [1.29, 1.82) is 0 Å². The smallest absolute Gasteiger partial charge is 0.264 e. The number of aromatic amines is 1. The minimum Gasteiger partial charge on any atom is -0.353 e. The summed E-state index contributed by atoms with van der Waals surface area (Å²) in [5, 5.41) is 1.77. The molecule has 1 aliphatic rings. The minimum absolute atomic E-state index is 0.0962. The van der Waals surface area contributed by atoms with Gasteiger partial charge < -0.3 is 10.7 Å². The van der Waals surface area contributed by atoms with Crippen LogP contribution in [0.25, 0.3) is 21.8 Å². The van der Waals surface area contributed by atoms with E-state index in [4.69, 9.17) is 5.73 Å². The SMILES string of the molecule is NC1(C(=O)c2cc3c(cn2)[nH]c2ccccc23)C(=O)N(c2ccc(F)cc2)c2ccccc21. The van der Waals surface area contributed by atoms with Gasteiger partial charge in [-0.05, 0) is 42.5 Å². The second-order valence-corrected chi connectivity index (χ2v) is 8.06. The predicted octanol–water partition coefficient (Wildman–Crippen LogP) is 4.57. The Morgan fingerprint density at radius 2 is 1.67 bits per heavy atom. The van der Waals surface area contributed by atoms with Gasteiger partial charge >= 0.3 is 0 Å². The fourth-order valence-corrected chi connectivity index (χ4v) is 4.55. The van der Waals surface area contributed by atoms with Crippen molar-refractivity contribution in [2.24, 2.45) is 5.73 Å². The number of hydrogen-bond donors (Lipinski definition) is 2. The number of carbonyl (C=O) groups excluding carboxylic acids is 2. The van der Waals surface area contributed by atoms with Gasteiger partial charge in [-0.15, -0.1) is 0 Å². The van der Waals surface area contributed by atoms with Crippen LogP contribution in [0.2, 0.25) is 0 Å². The molecule has 0 aliphatic carbocycles. The monoisotopic (exact) mass is 436 g/mol. The highest BCUT2D eigenvalue weighted by atomic mass is 19.1. The van der Waals surface area contributed by atoms with E-state index in [0.29, 0.717) is 16.9 Å². The van der Waals surface area contributed by atoms with Crippen LogP contribution in [0.4, 0.5) is 15.8 Å². The van der Waals surface area contributed by atoms with E-state index in [1.165, 1.54) is 29.2 Å². The van der Waals surface area contributed by atoms with Crippen LogP contribution < -0.4 is 10.6 Å². The van der Waals surface area contributed by atoms with Crippen molar-refractivity contribution in [3.8, 4) is 0 Å². The lowest BCUT2D eigenvalue weighted by atomic mass is 9.86. The first-order valence-electron chi connectivity index (χ1n) is 10.4. The summed E-state index contributed by atoms with van der Waals surface area (Å²) in [6.45, 7) is 0. The number of ketones is 1. The summed E-state index contributed by atoms with van der Waals surface area (Å²) in [6.07, 6.45) is 1.58. The number of H-pyrrole nitrogens is 1. The molecule has 160 valence electrons. The summed E-state index contributed by atoms with van der Waals surface area (Å²) in [6, 6.07) is 21.8. The predicted molar refractivity (Wildman–Crippen MR) is 124 cm³/mol. The quantitative estimate of drug-likeness (QED) is 0.320. The van der Waals surface area contributed by atoms with Gasteiger partial charge in [0.1, 0.15) is 11.5 Å². The van der Waals surface area contributed by atoms with Crippen molar-refractivity contribution >= 4 is 44.9 Å². The summed E-state index contributed by atoms with van der Waals surface area (Å²) in [4.78, 5) is 36.4. The molecule has 0 bridgehead atoms. The Hall–Kier alpha value is -4.36. The Morgan fingerprint density at radius 1 is 0.939 bits per heavy atom. The van der Waals surface area contributed by atoms with Crippen LogP contribution in [-0.2, 0) is 10.3 Å². The number of halogens is 1. The number of fused-ring (bicyclic) bond motifs is 4. The van der Waals surface area contributed by atoms with Gasteiger partial charge in [0.05, 0.1) is 17.4 Å². The first-order chi connectivity index (χ1) is 16.0. The van der Waals surface area contributed by atoms with E-state index in [-0.39, 0.29) is 5.69 Å². The number of pyridine rings is 1. The highest BCUT2D eigenvalue weighted by molar-refractivity contribution is 6.28. The topological polar surface area (TPSA) is 92.1 Å². The molecule has 5 aromatic rings. The normalized spacial score (nSPS) is 17.6. The summed E-state index contributed by atoms with van der Waals surface area (Å²) < 4.78 is 13.5. The van der Waals surface area contributed by atoms with Crippen LogP contribution >= 0.6 is 0 Å². The van der Waals surface area contributed by atoms with E-state index in [0.717, 1.165) is 21.8 Å². The summed E-state index contributed by atoms with van der Waals surface area (Å²) >= 11 is 0. The average Bonchev–Trinajstić information content (AvgIpc) is 3.32. The molecule has 0 saturated heterocycles. The van der Waals surface area contributed by atoms with Crippen molar-refractivity contribution < 1.29 is 14.0 Å². The molecule has 1 aliphatic heterocycles. The molecule has 3 N–H and O–H groups in total. The molecule has 2 aromatic heterocycles. The van der Waals surface area contributed by atoms with E-state index >= 15 is 0 Å². The number of nitrogens with two attached hydrogens (primary N) is 1. The standard InChI is InChI=1S/C26H17FN4O2/c27-15-9-11-16(12-10-15)31-23-8-4-2-6-19(23)26(28,25(31)33)24(32)21-13-18-17-5-1-3-7-20(17)30-22(18)14-29-21/h1-14,30H,28H2.